The van der Waals surface area contributed by atoms with Gasteiger partial charge in [0.05, 0.1) is 17.7 Å². The maximum Gasteiger partial charge on any atom is 0.312 e. The average molecular weight is 295 g/mol. The van der Waals surface area contributed by atoms with Gasteiger partial charge in [0.25, 0.3) is 0 Å². The Balaban J connectivity index is 1.80. The minimum atomic E-state index is -0.398. The van der Waals surface area contributed by atoms with Gasteiger partial charge < -0.3 is 15.2 Å². The van der Waals surface area contributed by atoms with Gasteiger partial charge in [-0.2, -0.15) is 0 Å². The standard InChI is InChI=1S/C17H29NO3/c1-4-15(2,3)14(19)21-17-8-12-5-13(9-17)7-16(6-12,10-17)20-11-18/h12-13H,4-11,18H2,1-3H3. The van der Waals surface area contributed by atoms with Crippen molar-refractivity contribution in [3.63, 3.8) is 0 Å². The molecule has 4 nitrogen and oxygen atoms in total. The molecule has 4 heteroatoms. The van der Waals surface area contributed by atoms with Crippen molar-refractivity contribution >= 4 is 5.97 Å². The van der Waals surface area contributed by atoms with Crippen LogP contribution in [0.5, 0.6) is 0 Å². The molecule has 0 aromatic rings. The quantitative estimate of drug-likeness (QED) is 0.625. The molecule has 4 bridgehead atoms. The number of carbonyl (C=O) groups is 1. The van der Waals surface area contributed by atoms with Crippen LogP contribution >= 0.6 is 0 Å². The minimum absolute atomic E-state index is 0.0464. The summed E-state index contributed by atoms with van der Waals surface area (Å²) in [4.78, 5) is 12.6. The summed E-state index contributed by atoms with van der Waals surface area (Å²) < 4.78 is 12.1. The van der Waals surface area contributed by atoms with E-state index in [1.165, 1.54) is 6.42 Å². The fourth-order valence-corrected chi connectivity index (χ4v) is 5.04. The Labute approximate surface area is 127 Å². The van der Waals surface area contributed by atoms with Crippen LogP contribution in [-0.4, -0.2) is 23.9 Å². The van der Waals surface area contributed by atoms with Crippen molar-refractivity contribution in [2.75, 3.05) is 6.73 Å². The van der Waals surface area contributed by atoms with Gasteiger partial charge in [-0.1, -0.05) is 6.92 Å². The smallest absolute Gasteiger partial charge is 0.312 e. The molecule has 0 aromatic carbocycles. The van der Waals surface area contributed by atoms with Crippen LogP contribution < -0.4 is 5.73 Å². The topological polar surface area (TPSA) is 61.5 Å². The SMILES string of the molecule is CCC(C)(C)C(=O)OC12CC3CC(CC(OCN)(C3)C1)C2. The van der Waals surface area contributed by atoms with Crippen molar-refractivity contribution in [2.45, 2.75) is 76.9 Å². The Bertz CT molecular complexity index is 418. The predicted octanol–water partition coefficient (Wildman–Crippen LogP) is 2.99. The summed E-state index contributed by atoms with van der Waals surface area (Å²) in [5, 5.41) is 0. The molecule has 0 amide bonds. The summed E-state index contributed by atoms with van der Waals surface area (Å²) in [5.74, 6) is 1.22. The first-order chi connectivity index (χ1) is 9.82. The van der Waals surface area contributed by atoms with Crippen LogP contribution in [0.1, 0.15) is 65.7 Å². The van der Waals surface area contributed by atoms with E-state index < -0.39 is 5.41 Å². The Morgan fingerprint density at radius 2 is 1.76 bits per heavy atom. The van der Waals surface area contributed by atoms with E-state index in [0.29, 0.717) is 11.8 Å². The third-order valence-electron chi connectivity index (χ3n) is 6.09. The van der Waals surface area contributed by atoms with Crippen LogP contribution in [0.25, 0.3) is 0 Å². The van der Waals surface area contributed by atoms with Gasteiger partial charge in [-0.25, -0.2) is 0 Å². The van der Waals surface area contributed by atoms with Gasteiger partial charge in [-0.15, -0.1) is 0 Å². The third-order valence-corrected chi connectivity index (χ3v) is 6.09. The Morgan fingerprint density at radius 3 is 2.29 bits per heavy atom. The zero-order valence-electron chi connectivity index (χ0n) is 13.6. The maximum absolute atomic E-state index is 12.6. The molecule has 0 radical (unpaired) electrons. The highest BCUT2D eigenvalue weighted by Crippen LogP contribution is 2.60. The van der Waals surface area contributed by atoms with Gasteiger partial charge in [-0.05, 0) is 64.2 Å². The normalized spacial score (nSPS) is 41.3. The van der Waals surface area contributed by atoms with Gasteiger partial charge in [0, 0.05) is 6.42 Å². The molecule has 0 aromatic heterocycles. The zero-order valence-corrected chi connectivity index (χ0v) is 13.6. The molecule has 4 aliphatic carbocycles. The molecule has 0 heterocycles. The largest absolute Gasteiger partial charge is 0.459 e. The van der Waals surface area contributed by atoms with Crippen LogP contribution in [0.3, 0.4) is 0 Å². The Kier molecular flexibility index (Phi) is 3.61. The molecule has 0 saturated heterocycles. The third kappa shape index (κ3) is 2.61. The lowest BCUT2D eigenvalue weighted by atomic mass is 9.52. The van der Waals surface area contributed by atoms with Crippen molar-refractivity contribution in [3.8, 4) is 0 Å². The fourth-order valence-electron chi connectivity index (χ4n) is 5.04. The minimum Gasteiger partial charge on any atom is -0.459 e. The van der Waals surface area contributed by atoms with Crippen molar-refractivity contribution in [1.82, 2.24) is 0 Å². The molecule has 21 heavy (non-hydrogen) atoms. The van der Waals surface area contributed by atoms with E-state index in [2.05, 4.69) is 0 Å². The van der Waals surface area contributed by atoms with E-state index in [-0.39, 0.29) is 23.9 Å². The molecule has 120 valence electrons. The fraction of sp³-hybridized carbons (Fsp3) is 0.941. The summed E-state index contributed by atoms with van der Waals surface area (Å²) in [7, 11) is 0. The van der Waals surface area contributed by atoms with Gasteiger partial charge in [0.15, 0.2) is 0 Å². The lowest BCUT2D eigenvalue weighted by molar-refractivity contribution is -0.237. The highest BCUT2D eigenvalue weighted by Gasteiger charge is 2.60. The van der Waals surface area contributed by atoms with E-state index in [0.717, 1.165) is 38.5 Å². The summed E-state index contributed by atoms with van der Waals surface area (Å²) >= 11 is 0. The summed E-state index contributed by atoms with van der Waals surface area (Å²) in [6.07, 6.45) is 7.14. The lowest BCUT2D eigenvalue weighted by Gasteiger charge is -2.60. The van der Waals surface area contributed by atoms with Crippen molar-refractivity contribution < 1.29 is 14.3 Å². The molecule has 4 saturated carbocycles. The first-order valence-electron chi connectivity index (χ1n) is 8.39. The highest BCUT2D eigenvalue weighted by atomic mass is 16.6. The Morgan fingerprint density at radius 1 is 1.19 bits per heavy atom. The highest BCUT2D eigenvalue weighted by molar-refractivity contribution is 5.76. The first-order valence-corrected chi connectivity index (χ1v) is 8.39. The number of hydrogen-bond acceptors (Lipinski definition) is 4. The number of nitrogens with two attached hydrogens (primary N) is 1. The predicted molar refractivity (Wildman–Crippen MR) is 80.4 cm³/mol. The second kappa shape index (κ2) is 4.95. The van der Waals surface area contributed by atoms with Crippen LogP contribution in [0.2, 0.25) is 0 Å². The Hall–Kier alpha value is -0.610. The molecule has 4 aliphatic rings. The van der Waals surface area contributed by atoms with E-state index in [9.17, 15) is 4.79 Å². The van der Waals surface area contributed by atoms with Gasteiger partial charge in [-0.3, -0.25) is 4.79 Å². The van der Waals surface area contributed by atoms with E-state index >= 15 is 0 Å². The van der Waals surface area contributed by atoms with Gasteiger partial charge in [0.1, 0.15) is 5.60 Å². The molecule has 2 atom stereocenters. The molecule has 4 rings (SSSR count). The van der Waals surface area contributed by atoms with Gasteiger partial charge in [0.2, 0.25) is 0 Å². The molecule has 0 spiro atoms. The van der Waals surface area contributed by atoms with Crippen LogP contribution in [0.4, 0.5) is 0 Å². The van der Waals surface area contributed by atoms with Crippen LogP contribution in [0, 0.1) is 17.3 Å². The summed E-state index contributed by atoms with van der Waals surface area (Å²) in [6.45, 7) is 6.26. The first kappa shape index (κ1) is 15.3. The molecule has 2 N–H and O–H groups in total. The number of hydrogen-bond donors (Lipinski definition) is 1. The van der Waals surface area contributed by atoms with E-state index in [4.69, 9.17) is 15.2 Å². The molecule has 2 unspecified atom stereocenters. The van der Waals surface area contributed by atoms with Crippen molar-refractivity contribution in [2.24, 2.45) is 23.0 Å². The molecular weight excluding hydrogens is 266 g/mol. The second-order valence-electron chi connectivity index (χ2n) is 8.27. The second-order valence-corrected chi connectivity index (χ2v) is 8.27. The van der Waals surface area contributed by atoms with Gasteiger partial charge >= 0.3 is 5.97 Å². The lowest BCUT2D eigenvalue weighted by Crippen LogP contribution is -2.62. The summed E-state index contributed by atoms with van der Waals surface area (Å²) in [5.41, 5.74) is 4.84. The van der Waals surface area contributed by atoms with E-state index in [1.807, 2.05) is 20.8 Å². The molecule has 0 aliphatic heterocycles. The van der Waals surface area contributed by atoms with Crippen molar-refractivity contribution in [3.05, 3.63) is 0 Å². The van der Waals surface area contributed by atoms with Crippen LogP contribution in [0.15, 0.2) is 0 Å². The van der Waals surface area contributed by atoms with Crippen molar-refractivity contribution in [1.29, 1.82) is 0 Å². The zero-order chi connectivity index (χ0) is 15.3. The number of ether oxygens (including phenoxy) is 2. The number of rotatable bonds is 5. The monoisotopic (exact) mass is 295 g/mol. The molecule has 4 fully saturated rings. The average Bonchev–Trinajstić information content (AvgIpc) is 2.36. The van der Waals surface area contributed by atoms with Crippen LogP contribution in [-0.2, 0) is 14.3 Å². The van der Waals surface area contributed by atoms with E-state index in [1.54, 1.807) is 0 Å². The number of esters is 1. The summed E-state index contributed by atoms with van der Waals surface area (Å²) in [6, 6.07) is 0. The molecular formula is C17H29NO3. The number of carbonyl (C=O) groups excluding carboxylic acids is 1. The maximum atomic E-state index is 12.6.